The molecule has 33 heavy (non-hydrogen) atoms. The summed E-state index contributed by atoms with van der Waals surface area (Å²) in [6.45, 7) is -0.823. The van der Waals surface area contributed by atoms with Crippen molar-refractivity contribution in [2.75, 3.05) is 16.8 Å². The van der Waals surface area contributed by atoms with Gasteiger partial charge in [-0.1, -0.05) is 0 Å². The number of urea groups is 1. The molecule has 1 aliphatic carbocycles. The Morgan fingerprint density at radius 2 is 1.97 bits per heavy atom. The first-order chi connectivity index (χ1) is 15.6. The number of aliphatic hydroxyl groups is 1. The number of aromatic nitrogens is 3. The number of hydrogen-bond donors (Lipinski definition) is 3. The fourth-order valence-electron chi connectivity index (χ4n) is 3.92. The van der Waals surface area contributed by atoms with Gasteiger partial charge in [0.2, 0.25) is 0 Å². The highest BCUT2D eigenvalue weighted by atomic mass is 19.3. The Morgan fingerprint density at radius 3 is 2.70 bits per heavy atom. The summed E-state index contributed by atoms with van der Waals surface area (Å²) in [7, 11) is 0. The molecule has 0 bridgehead atoms. The molecule has 1 saturated carbocycles. The zero-order valence-electron chi connectivity index (χ0n) is 16.8. The molecule has 0 spiro atoms. The SMILES string of the molecule is O=C(Nc1c(F)nn2ccc(N3CC(F)(F)C[C@@H]3c3cc(F)ccc3F)nc12)N[C@@H]1C[C@H]1O. The number of hydrogen-bond acceptors (Lipinski definition) is 5. The molecule has 5 rings (SSSR count). The number of benzene rings is 1. The normalized spacial score (nSPS) is 23.7. The minimum atomic E-state index is -3.21. The van der Waals surface area contributed by atoms with Crippen molar-refractivity contribution in [1.82, 2.24) is 19.9 Å². The minimum Gasteiger partial charge on any atom is -0.391 e. The molecule has 1 aliphatic heterocycles. The molecule has 0 radical (unpaired) electrons. The molecule has 2 fully saturated rings. The number of halogens is 5. The molecule has 174 valence electrons. The summed E-state index contributed by atoms with van der Waals surface area (Å²) < 4.78 is 72.1. The quantitative estimate of drug-likeness (QED) is 0.512. The van der Waals surface area contributed by atoms with Gasteiger partial charge in [-0.15, -0.1) is 5.10 Å². The molecule has 3 heterocycles. The van der Waals surface area contributed by atoms with Gasteiger partial charge in [0, 0.05) is 18.2 Å². The fourth-order valence-corrected chi connectivity index (χ4v) is 3.92. The Labute approximate surface area is 183 Å². The topological polar surface area (TPSA) is 94.8 Å². The van der Waals surface area contributed by atoms with Gasteiger partial charge in [-0.2, -0.15) is 4.39 Å². The van der Waals surface area contributed by atoms with Crippen molar-refractivity contribution in [2.45, 2.75) is 37.0 Å². The molecule has 8 nitrogen and oxygen atoms in total. The lowest BCUT2D eigenvalue weighted by molar-refractivity contribution is 0.0221. The maximum Gasteiger partial charge on any atom is 0.319 e. The summed E-state index contributed by atoms with van der Waals surface area (Å²) in [5, 5.41) is 17.6. The molecular formula is C20H17F5N6O2. The molecule has 13 heteroatoms. The van der Waals surface area contributed by atoms with Crippen molar-refractivity contribution in [2.24, 2.45) is 0 Å². The van der Waals surface area contributed by atoms with Gasteiger partial charge >= 0.3 is 6.03 Å². The predicted octanol–water partition coefficient (Wildman–Crippen LogP) is 2.99. The third-order valence-corrected chi connectivity index (χ3v) is 5.62. The third-order valence-electron chi connectivity index (χ3n) is 5.62. The Kier molecular flexibility index (Phi) is 4.88. The number of carbonyl (C=O) groups is 1. The molecule has 3 N–H and O–H groups in total. The molecule has 2 aliphatic rings. The number of fused-ring (bicyclic) bond motifs is 1. The Balaban J connectivity index is 1.50. The van der Waals surface area contributed by atoms with Crippen molar-refractivity contribution >= 4 is 23.2 Å². The van der Waals surface area contributed by atoms with E-state index in [0.29, 0.717) is 6.42 Å². The maximum atomic E-state index is 14.4. The van der Waals surface area contributed by atoms with Gasteiger partial charge in [0.05, 0.1) is 24.7 Å². The standard InChI is InChI=1S/C20H17F5N6O2/c21-9-1-2-11(22)10(5-9)13-7-20(24,25)8-30(13)15-3-4-31-18(27-15)16(17(23)29-31)28-19(33)26-12-6-14(12)32/h1-5,12-14,32H,6-8H2,(H2,26,28,33)/t12-,13-,14-/m1/s1. The van der Waals surface area contributed by atoms with Crippen LogP contribution in [0.15, 0.2) is 30.5 Å². The highest BCUT2D eigenvalue weighted by Crippen LogP contribution is 2.44. The van der Waals surface area contributed by atoms with E-state index in [1.807, 2.05) is 0 Å². The Bertz CT molecular complexity index is 1250. The van der Waals surface area contributed by atoms with Crippen LogP contribution in [-0.4, -0.2) is 50.3 Å². The zero-order chi connectivity index (χ0) is 23.5. The van der Waals surface area contributed by atoms with E-state index in [9.17, 15) is 31.9 Å². The Hall–Kier alpha value is -3.48. The van der Waals surface area contributed by atoms with Crippen LogP contribution in [0.5, 0.6) is 0 Å². The molecular weight excluding hydrogens is 451 g/mol. The van der Waals surface area contributed by atoms with Gasteiger partial charge in [0.15, 0.2) is 5.65 Å². The molecule has 3 aromatic rings. The van der Waals surface area contributed by atoms with Gasteiger partial charge in [0.1, 0.15) is 23.1 Å². The van der Waals surface area contributed by atoms with Crippen LogP contribution in [0.3, 0.4) is 0 Å². The highest BCUT2D eigenvalue weighted by Gasteiger charge is 2.47. The fraction of sp³-hybridized carbons (Fsp3) is 0.350. The number of rotatable bonds is 4. The second-order valence-electron chi connectivity index (χ2n) is 8.10. The number of alkyl halides is 2. The maximum absolute atomic E-state index is 14.4. The smallest absolute Gasteiger partial charge is 0.319 e. The second kappa shape index (κ2) is 7.54. The molecule has 2 aromatic heterocycles. The average molecular weight is 468 g/mol. The van der Waals surface area contributed by atoms with Crippen LogP contribution in [0.25, 0.3) is 5.65 Å². The number of amides is 2. The molecule has 1 saturated heterocycles. The first-order valence-corrected chi connectivity index (χ1v) is 10.0. The molecule has 2 amide bonds. The largest absolute Gasteiger partial charge is 0.391 e. The van der Waals surface area contributed by atoms with Crippen LogP contribution < -0.4 is 15.5 Å². The van der Waals surface area contributed by atoms with Gasteiger partial charge in [-0.3, -0.25) is 0 Å². The van der Waals surface area contributed by atoms with E-state index >= 15 is 0 Å². The number of carbonyl (C=O) groups excluding carboxylic acids is 1. The van der Waals surface area contributed by atoms with E-state index in [2.05, 4.69) is 20.7 Å². The lowest BCUT2D eigenvalue weighted by atomic mass is 10.0. The van der Waals surface area contributed by atoms with Crippen molar-refractivity contribution in [3.8, 4) is 0 Å². The second-order valence-corrected chi connectivity index (χ2v) is 8.10. The van der Waals surface area contributed by atoms with Gasteiger partial charge in [0.25, 0.3) is 11.9 Å². The summed E-state index contributed by atoms with van der Waals surface area (Å²) in [4.78, 5) is 17.4. The minimum absolute atomic E-state index is 0.0608. The average Bonchev–Trinajstić information content (AvgIpc) is 3.20. The first-order valence-electron chi connectivity index (χ1n) is 10.0. The van der Waals surface area contributed by atoms with E-state index in [1.54, 1.807) is 0 Å². The van der Waals surface area contributed by atoms with Crippen LogP contribution in [0, 0.1) is 17.6 Å². The summed E-state index contributed by atoms with van der Waals surface area (Å²) in [5.41, 5.74) is -0.830. The van der Waals surface area contributed by atoms with E-state index < -0.39 is 66.4 Å². The van der Waals surface area contributed by atoms with Crippen LogP contribution >= 0.6 is 0 Å². The molecule has 1 aromatic carbocycles. The first kappa shape index (κ1) is 21.4. The van der Waals surface area contributed by atoms with E-state index in [0.717, 1.165) is 27.6 Å². The predicted molar refractivity (Wildman–Crippen MR) is 106 cm³/mol. The summed E-state index contributed by atoms with van der Waals surface area (Å²) in [6, 6.07) is 1.41. The van der Waals surface area contributed by atoms with Gasteiger partial charge in [-0.05, 0) is 30.7 Å². The molecule has 0 unspecified atom stereocenters. The van der Waals surface area contributed by atoms with Crippen LogP contribution in [0.1, 0.15) is 24.4 Å². The van der Waals surface area contributed by atoms with Crippen molar-refractivity contribution < 1.29 is 31.9 Å². The van der Waals surface area contributed by atoms with Crippen molar-refractivity contribution in [1.29, 1.82) is 0 Å². The monoisotopic (exact) mass is 468 g/mol. The number of nitrogens with zero attached hydrogens (tertiary/aromatic N) is 4. The summed E-state index contributed by atoms with van der Waals surface area (Å²) in [5.74, 6) is -5.96. The van der Waals surface area contributed by atoms with E-state index in [4.69, 9.17) is 0 Å². The summed E-state index contributed by atoms with van der Waals surface area (Å²) >= 11 is 0. The highest BCUT2D eigenvalue weighted by molar-refractivity contribution is 5.93. The van der Waals surface area contributed by atoms with E-state index in [-0.39, 0.29) is 17.0 Å². The van der Waals surface area contributed by atoms with Crippen LogP contribution in [0.4, 0.5) is 38.3 Å². The van der Waals surface area contributed by atoms with Gasteiger partial charge < -0.3 is 20.6 Å². The third kappa shape index (κ3) is 4.03. The number of nitrogens with one attached hydrogen (secondary N) is 2. The van der Waals surface area contributed by atoms with Gasteiger partial charge in [-0.25, -0.2) is 31.9 Å². The van der Waals surface area contributed by atoms with E-state index in [1.165, 1.54) is 12.3 Å². The van der Waals surface area contributed by atoms with Crippen LogP contribution in [-0.2, 0) is 0 Å². The zero-order valence-corrected chi connectivity index (χ0v) is 16.8. The Morgan fingerprint density at radius 1 is 1.21 bits per heavy atom. The number of aliphatic hydroxyl groups excluding tert-OH is 1. The van der Waals surface area contributed by atoms with Crippen molar-refractivity contribution in [3.63, 3.8) is 0 Å². The number of anilines is 2. The van der Waals surface area contributed by atoms with Crippen molar-refractivity contribution in [3.05, 3.63) is 53.6 Å². The van der Waals surface area contributed by atoms with Crippen LogP contribution in [0.2, 0.25) is 0 Å². The lowest BCUT2D eigenvalue weighted by Crippen LogP contribution is -2.32. The summed E-state index contributed by atoms with van der Waals surface area (Å²) in [6.07, 6.45) is 0.176. The molecule has 3 atom stereocenters. The lowest BCUT2D eigenvalue weighted by Gasteiger charge is -2.25.